The van der Waals surface area contributed by atoms with E-state index in [2.05, 4.69) is 0 Å². The van der Waals surface area contributed by atoms with E-state index in [1.54, 1.807) is 0 Å². The molecule has 0 atom stereocenters. The van der Waals surface area contributed by atoms with E-state index < -0.39 is 32.3 Å². The van der Waals surface area contributed by atoms with Crippen molar-refractivity contribution in [2.75, 3.05) is 5.75 Å². The molecule has 5 nitrogen and oxygen atoms in total. The number of carboxylic acid groups (broad SMARTS) is 1. The summed E-state index contributed by atoms with van der Waals surface area (Å²) in [6.07, 6.45) is 0. The number of benzene rings is 1. The Morgan fingerprint density at radius 1 is 1.44 bits per heavy atom. The van der Waals surface area contributed by atoms with Gasteiger partial charge in [-0.2, -0.15) is 0 Å². The van der Waals surface area contributed by atoms with Gasteiger partial charge in [0.2, 0.25) is 5.76 Å². The number of aromatic carboxylic acids is 1. The normalized spacial score (nSPS) is 11.9. The summed E-state index contributed by atoms with van der Waals surface area (Å²) in [7, 11) is -3.89. The maximum atomic E-state index is 13.7. The predicted octanol–water partition coefficient (Wildman–Crippen LogP) is 2.06. The molecule has 0 fully saturated rings. The Labute approximate surface area is 102 Å². The van der Waals surface area contributed by atoms with Crippen LogP contribution in [0.15, 0.2) is 27.5 Å². The smallest absolute Gasteiger partial charge is 0.373 e. The third-order valence-electron chi connectivity index (χ3n) is 2.51. The summed E-state index contributed by atoms with van der Waals surface area (Å²) in [6, 6.07) is 3.69. The molecule has 1 heterocycles. The van der Waals surface area contributed by atoms with Gasteiger partial charge in [-0.05, 0) is 12.1 Å². The highest BCUT2D eigenvalue weighted by atomic mass is 32.2. The molecule has 0 aliphatic rings. The molecular formula is C11H9FO5S. The molecule has 7 heteroatoms. The molecule has 2 rings (SSSR count). The van der Waals surface area contributed by atoms with Crippen LogP contribution in [0.3, 0.4) is 0 Å². The van der Waals surface area contributed by atoms with Gasteiger partial charge in [-0.25, -0.2) is 17.6 Å². The molecule has 0 radical (unpaired) electrons. The van der Waals surface area contributed by atoms with Crippen molar-refractivity contribution >= 4 is 26.8 Å². The first-order valence-electron chi connectivity index (χ1n) is 5.05. The topological polar surface area (TPSA) is 84.6 Å². The molecule has 0 saturated heterocycles. The van der Waals surface area contributed by atoms with E-state index in [0.29, 0.717) is 0 Å². The lowest BCUT2D eigenvalue weighted by atomic mass is 10.2. The van der Waals surface area contributed by atoms with E-state index in [9.17, 15) is 17.6 Å². The first-order chi connectivity index (χ1) is 8.38. The fraction of sp³-hybridized carbons (Fsp3) is 0.182. The molecule has 0 aliphatic carbocycles. The average molecular weight is 272 g/mol. The Balaban J connectivity index is 3.00. The quantitative estimate of drug-likeness (QED) is 0.924. The molecule has 0 bridgehead atoms. The molecule has 1 aromatic carbocycles. The summed E-state index contributed by atoms with van der Waals surface area (Å²) in [5, 5.41) is 8.63. The highest BCUT2D eigenvalue weighted by molar-refractivity contribution is 7.91. The lowest BCUT2D eigenvalue weighted by molar-refractivity contribution is 0.0659. The van der Waals surface area contributed by atoms with Gasteiger partial charge >= 0.3 is 5.97 Å². The minimum absolute atomic E-state index is 0.0978. The van der Waals surface area contributed by atoms with Crippen LogP contribution in [-0.2, 0) is 9.84 Å². The van der Waals surface area contributed by atoms with Crippen LogP contribution in [0.1, 0.15) is 17.5 Å². The van der Waals surface area contributed by atoms with Crippen molar-refractivity contribution in [3.63, 3.8) is 0 Å². The van der Waals surface area contributed by atoms with E-state index in [-0.39, 0.29) is 16.7 Å². The molecule has 0 saturated carbocycles. The number of hydrogen-bond acceptors (Lipinski definition) is 4. The van der Waals surface area contributed by atoms with Crippen LogP contribution in [0, 0.1) is 5.82 Å². The van der Waals surface area contributed by atoms with Crippen LogP contribution in [0.4, 0.5) is 4.39 Å². The van der Waals surface area contributed by atoms with Crippen LogP contribution in [-0.4, -0.2) is 25.2 Å². The van der Waals surface area contributed by atoms with Crippen LogP contribution in [0.25, 0.3) is 11.0 Å². The SMILES string of the molecule is CCS(=O)(=O)c1c(C(=O)O)oc2cccc(F)c12. The van der Waals surface area contributed by atoms with Gasteiger partial charge in [-0.1, -0.05) is 13.0 Å². The zero-order valence-electron chi connectivity index (χ0n) is 9.31. The predicted molar refractivity (Wildman–Crippen MR) is 60.9 cm³/mol. The van der Waals surface area contributed by atoms with Crippen LogP contribution in [0.2, 0.25) is 0 Å². The second kappa shape index (κ2) is 4.09. The van der Waals surface area contributed by atoms with E-state index in [4.69, 9.17) is 9.52 Å². The van der Waals surface area contributed by atoms with Gasteiger partial charge in [-0.15, -0.1) is 0 Å². The van der Waals surface area contributed by atoms with Crippen molar-refractivity contribution in [1.82, 2.24) is 0 Å². The number of sulfone groups is 1. The van der Waals surface area contributed by atoms with Gasteiger partial charge in [0, 0.05) is 0 Å². The standard InChI is InChI=1S/C11H9FO5S/c1-2-18(15,16)10-8-6(12)4-3-5-7(8)17-9(10)11(13)14/h3-5H,2H2,1H3,(H,13,14). The van der Waals surface area contributed by atoms with E-state index in [1.807, 2.05) is 0 Å². The largest absolute Gasteiger partial charge is 0.475 e. The fourth-order valence-corrected chi connectivity index (χ4v) is 2.87. The number of rotatable bonds is 3. The van der Waals surface area contributed by atoms with Crippen molar-refractivity contribution in [1.29, 1.82) is 0 Å². The van der Waals surface area contributed by atoms with E-state index in [1.165, 1.54) is 19.1 Å². The van der Waals surface area contributed by atoms with Gasteiger partial charge < -0.3 is 9.52 Å². The number of carboxylic acids is 1. The third-order valence-corrected chi connectivity index (χ3v) is 4.28. The number of furan rings is 1. The summed E-state index contributed by atoms with van der Waals surface area (Å²) in [4.78, 5) is 10.4. The molecule has 0 spiro atoms. The highest BCUT2D eigenvalue weighted by Crippen LogP contribution is 2.32. The summed E-state index contributed by atoms with van der Waals surface area (Å²) in [6.45, 7) is 1.35. The molecular weight excluding hydrogens is 263 g/mol. The third kappa shape index (κ3) is 1.76. The van der Waals surface area contributed by atoms with Gasteiger partial charge in [0.05, 0.1) is 11.1 Å². The molecule has 1 aromatic heterocycles. The minimum Gasteiger partial charge on any atom is -0.475 e. The lowest BCUT2D eigenvalue weighted by Crippen LogP contribution is -2.09. The molecule has 0 aliphatic heterocycles. The van der Waals surface area contributed by atoms with Gasteiger partial charge in [0.1, 0.15) is 16.3 Å². The molecule has 0 unspecified atom stereocenters. The summed E-state index contributed by atoms with van der Waals surface area (Å²) < 4.78 is 42.3. The second-order valence-corrected chi connectivity index (χ2v) is 5.80. The van der Waals surface area contributed by atoms with Gasteiger partial charge in [0.15, 0.2) is 9.84 Å². The minimum atomic E-state index is -3.89. The lowest BCUT2D eigenvalue weighted by Gasteiger charge is -2.00. The summed E-state index contributed by atoms with van der Waals surface area (Å²) in [5.74, 6) is -3.46. The zero-order valence-corrected chi connectivity index (χ0v) is 10.1. The first kappa shape index (κ1) is 12.6. The van der Waals surface area contributed by atoms with Crippen molar-refractivity contribution in [3.05, 3.63) is 29.8 Å². The number of halogens is 1. The second-order valence-electron chi connectivity index (χ2n) is 3.58. The average Bonchev–Trinajstić information content (AvgIpc) is 2.70. The van der Waals surface area contributed by atoms with Crippen LogP contribution in [0.5, 0.6) is 0 Å². The Hall–Kier alpha value is -1.89. The number of carbonyl (C=O) groups is 1. The Morgan fingerprint density at radius 3 is 2.67 bits per heavy atom. The number of hydrogen-bond donors (Lipinski definition) is 1. The first-order valence-corrected chi connectivity index (χ1v) is 6.70. The summed E-state index contributed by atoms with van der Waals surface area (Å²) >= 11 is 0. The highest BCUT2D eigenvalue weighted by Gasteiger charge is 2.30. The van der Waals surface area contributed by atoms with E-state index in [0.717, 1.165) is 6.07 Å². The van der Waals surface area contributed by atoms with E-state index >= 15 is 0 Å². The van der Waals surface area contributed by atoms with Crippen molar-refractivity contribution in [3.8, 4) is 0 Å². The maximum Gasteiger partial charge on any atom is 0.373 e. The molecule has 18 heavy (non-hydrogen) atoms. The fourth-order valence-electron chi connectivity index (χ4n) is 1.66. The van der Waals surface area contributed by atoms with Crippen molar-refractivity contribution < 1.29 is 27.1 Å². The Morgan fingerprint density at radius 2 is 2.11 bits per heavy atom. The monoisotopic (exact) mass is 272 g/mol. The van der Waals surface area contributed by atoms with Crippen LogP contribution >= 0.6 is 0 Å². The Kier molecular flexibility index (Phi) is 2.86. The zero-order chi connectivity index (χ0) is 13.5. The molecule has 0 amide bonds. The summed E-state index contributed by atoms with van der Waals surface area (Å²) in [5.41, 5.74) is -0.0978. The molecule has 2 aromatic rings. The maximum absolute atomic E-state index is 13.7. The molecule has 96 valence electrons. The van der Waals surface area contributed by atoms with Crippen LogP contribution < -0.4 is 0 Å². The van der Waals surface area contributed by atoms with Crippen molar-refractivity contribution in [2.24, 2.45) is 0 Å². The number of fused-ring (bicyclic) bond motifs is 1. The Bertz CT molecular complexity index is 729. The van der Waals surface area contributed by atoms with Gasteiger partial charge in [0.25, 0.3) is 0 Å². The van der Waals surface area contributed by atoms with Crippen molar-refractivity contribution in [2.45, 2.75) is 11.8 Å². The molecule has 1 N–H and O–H groups in total. The van der Waals surface area contributed by atoms with Gasteiger partial charge in [-0.3, -0.25) is 0 Å².